The summed E-state index contributed by atoms with van der Waals surface area (Å²) in [7, 11) is 3.02. The second-order valence-corrected chi connectivity index (χ2v) is 6.81. The van der Waals surface area contributed by atoms with E-state index in [0.717, 1.165) is 29.1 Å². The van der Waals surface area contributed by atoms with Gasteiger partial charge in [0, 0.05) is 19.5 Å². The second kappa shape index (κ2) is 11.4. The van der Waals surface area contributed by atoms with E-state index in [9.17, 15) is 4.79 Å². The van der Waals surface area contributed by atoms with Gasteiger partial charge in [0.15, 0.2) is 5.96 Å². The molecule has 0 bridgehead atoms. The Morgan fingerprint density at radius 2 is 1.71 bits per heavy atom. The van der Waals surface area contributed by atoms with Gasteiger partial charge in [-0.25, -0.2) is 9.79 Å². The van der Waals surface area contributed by atoms with Gasteiger partial charge < -0.3 is 24.5 Å². The zero-order valence-electron chi connectivity index (χ0n) is 17.8. The summed E-state index contributed by atoms with van der Waals surface area (Å²) in [5.74, 6) is 2.08. The van der Waals surface area contributed by atoms with Gasteiger partial charge in [0.05, 0.1) is 32.6 Å². The molecule has 1 aromatic heterocycles. The van der Waals surface area contributed by atoms with Crippen LogP contribution in [-0.2, 0) is 24.2 Å². The van der Waals surface area contributed by atoms with Gasteiger partial charge >= 0.3 is 5.97 Å². The Morgan fingerprint density at radius 3 is 2.35 bits per heavy atom. The van der Waals surface area contributed by atoms with Crippen molar-refractivity contribution < 1.29 is 18.7 Å². The Balaban J connectivity index is 1.61. The molecule has 3 aromatic rings. The third-order valence-electron chi connectivity index (χ3n) is 4.66. The summed E-state index contributed by atoms with van der Waals surface area (Å²) in [6.07, 6.45) is 2.42. The lowest BCUT2D eigenvalue weighted by atomic mass is 10.1. The molecule has 0 saturated carbocycles. The maximum Gasteiger partial charge on any atom is 0.337 e. The van der Waals surface area contributed by atoms with Crippen LogP contribution in [0.4, 0.5) is 0 Å². The van der Waals surface area contributed by atoms with E-state index in [4.69, 9.17) is 18.9 Å². The summed E-state index contributed by atoms with van der Waals surface area (Å²) in [6, 6.07) is 18.9. The van der Waals surface area contributed by atoms with Gasteiger partial charge in [0.25, 0.3) is 0 Å². The SMILES string of the molecule is COC(=O)c1ccc(CNC(=NCc2ccc(OC)cc2)NCCc2ccco2)cc1. The monoisotopic (exact) mass is 421 g/mol. The zero-order chi connectivity index (χ0) is 21.9. The normalized spacial score (nSPS) is 11.1. The van der Waals surface area contributed by atoms with Crippen molar-refractivity contribution in [3.05, 3.63) is 89.4 Å². The first kappa shape index (κ1) is 22.0. The van der Waals surface area contributed by atoms with Gasteiger partial charge in [-0.05, 0) is 47.5 Å². The van der Waals surface area contributed by atoms with E-state index in [-0.39, 0.29) is 5.97 Å². The van der Waals surface area contributed by atoms with E-state index in [0.29, 0.717) is 31.2 Å². The van der Waals surface area contributed by atoms with Crippen LogP contribution >= 0.6 is 0 Å². The van der Waals surface area contributed by atoms with Crippen molar-refractivity contribution in [1.29, 1.82) is 0 Å². The van der Waals surface area contributed by atoms with Crippen molar-refractivity contribution in [2.24, 2.45) is 4.99 Å². The largest absolute Gasteiger partial charge is 0.497 e. The van der Waals surface area contributed by atoms with E-state index < -0.39 is 0 Å². The second-order valence-electron chi connectivity index (χ2n) is 6.81. The lowest BCUT2D eigenvalue weighted by Gasteiger charge is -2.13. The molecule has 1 heterocycles. The number of carbonyl (C=O) groups is 1. The van der Waals surface area contributed by atoms with Crippen LogP contribution in [0, 0.1) is 0 Å². The number of nitrogens with zero attached hydrogens (tertiary/aromatic N) is 1. The number of hydrogen-bond acceptors (Lipinski definition) is 5. The van der Waals surface area contributed by atoms with Crippen LogP contribution in [0.1, 0.15) is 27.2 Å². The molecule has 3 rings (SSSR count). The fourth-order valence-electron chi connectivity index (χ4n) is 2.90. The molecule has 162 valence electrons. The highest BCUT2D eigenvalue weighted by Gasteiger charge is 2.05. The Bertz CT molecular complexity index is 965. The van der Waals surface area contributed by atoms with Crippen LogP contribution in [0.3, 0.4) is 0 Å². The van der Waals surface area contributed by atoms with Crippen molar-refractivity contribution >= 4 is 11.9 Å². The minimum absolute atomic E-state index is 0.346. The molecule has 7 nitrogen and oxygen atoms in total. The molecule has 0 unspecified atom stereocenters. The number of furan rings is 1. The summed E-state index contributed by atoms with van der Waals surface area (Å²) in [4.78, 5) is 16.3. The highest BCUT2D eigenvalue weighted by Crippen LogP contribution is 2.12. The maximum absolute atomic E-state index is 11.6. The minimum atomic E-state index is -0.346. The molecule has 0 aliphatic carbocycles. The summed E-state index contributed by atoms with van der Waals surface area (Å²) < 4.78 is 15.3. The van der Waals surface area contributed by atoms with Gasteiger partial charge in [-0.2, -0.15) is 0 Å². The van der Waals surface area contributed by atoms with Crippen LogP contribution in [0.2, 0.25) is 0 Å². The van der Waals surface area contributed by atoms with E-state index in [2.05, 4.69) is 10.6 Å². The lowest BCUT2D eigenvalue weighted by molar-refractivity contribution is 0.0600. The molecule has 0 radical (unpaired) electrons. The number of benzene rings is 2. The molecular formula is C24H27N3O4. The van der Waals surface area contributed by atoms with Gasteiger partial charge in [-0.3, -0.25) is 0 Å². The Hall–Kier alpha value is -3.74. The quantitative estimate of drug-likeness (QED) is 0.312. The number of carbonyl (C=O) groups excluding carboxylic acids is 1. The van der Waals surface area contributed by atoms with Crippen molar-refractivity contribution in [3.63, 3.8) is 0 Å². The number of hydrogen-bond donors (Lipinski definition) is 2. The third-order valence-corrected chi connectivity index (χ3v) is 4.66. The first-order valence-corrected chi connectivity index (χ1v) is 10.0. The number of methoxy groups -OCH3 is 2. The topological polar surface area (TPSA) is 85.1 Å². The average molecular weight is 421 g/mol. The lowest BCUT2D eigenvalue weighted by Crippen LogP contribution is -2.38. The molecule has 0 atom stereocenters. The molecule has 0 amide bonds. The van der Waals surface area contributed by atoms with Crippen LogP contribution in [0.5, 0.6) is 5.75 Å². The molecular weight excluding hydrogens is 394 g/mol. The summed E-state index contributed by atoms with van der Waals surface area (Å²) in [6.45, 7) is 1.78. The molecule has 0 aliphatic heterocycles. The van der Waals surface area contributed by atoms with Gasteiger partial charge in [-0.15, -0.1) is 0 Å². The van der Waals surface area contributed by atoms with Gasteiger partial charge in [0.2, 0.25) is 0 Å². The molecule has 31 heavy (non-hydrogen) atoms. The molecule has 0 saturated heterocycles. The molecule has 0 fully saturated rings. The molecule has 2 N–H and O–H groups in total. The summed E-state index contributed by atoms with van der Waals surface area (Å²) in [5.41, 5.74) is 2.63. The Kier molecular flexibility index (Phi) is 8.11. The van der Waals surface area contributed by atoms with Crippen molar-refractivity contribution in [2.45, 2.75) is 19.5 Å². The predicted octanol–water partition coefficient (Wildman–Crippen LogP) is 3.55. The van der Waals surface area contributed by atoms with Crippen molar-refractivity contribution in [1.82, 2.24) is 10.6 Å². The number of nitrogens with one attached hydrogen (secondary N) is 2. The highest BCUT2D eigenvalue weighted by molar-refractivity contribution is 5.89. The number of esters is 1. The Morgan fingerprint density at radius 1 is 0.968 bits per heavy atom. The van der Waals surface area contributed by atoms with E-state index in [1.807, 2.05) is 48.5 Å². The van der Waals surface area contributed by atoms with Crippen molar-refractivity contribution in [2.75, 3.05) is 20.8 Å². The molecule has 7 heteroatoms. The number of ether oxygens (including phenoxy) is 2. The minimum Gasteiger partial charge on any atom is -0.497 e. The standard InChI is InChI=1S/C24H27N3O4/c1-29-21-11-7-19(8-12-21)17-27-24(25-14-13-22-4-3-15-31-22)26-16-18-5-9-20(10-6-18)23(28)30-2/h3-12,15H,13-14,16-17H2,1-2H3,(H2,25,26,27). The van der Waals surface area contributed by atoms with E-state index in [1.165, 1.54) is 7.11 Å². The average Bonchev–Trinajstić information content (AvgIpc) is 3.34. The smallest absolute Gasteiger partial charge is 0.337 e. The number of guanidine groups is 1. The number of aliphatic imine (C=N–C) groups is 1. The first-order chi connectivity index (χ1) is 15.2. The van der Waals surface area contributed by atoms with Crippen LogP contribution < -0.4 is 15.4 Å². The van der Waals surface area contributed by atoms with Crippen LogP contribution in [0.15, 0.2) is 76.3 Å². The van der Waals surface area contributed by atoms with Crippen LogP contribution in [0.25, 0.3) is 0 Å². The van der Waals surface area contributed by atoms with E-state index >= 15 is 0 Å². The van der Waals surface area contributed by atoms with Gasteiger partial charge in [-0.1, -0.05) is 24.3 Å². The third kappa shape index (κ3) is 6.92. The summed E-state index contributed by atoms with van der Waals surface area (Å²) >= 11 is 0. The highest BCUT2D eigenvalue weighted by atomic mass is 16.5. The fraction of sp³-hybridized carbons (Fsp3) is 0.250. The predicted molar refractivity (Wildman–Crippen MR) is 119 cm³/mol. The van der Waals surface area contributed by atoms with Crippen molar-refractivity contribution in [3.8, 4) is 5.75 Å². The zero-order valence-corrected chi connectivity index (χ0v) is 17.8. The van der Waals surface area contributed by atoms with Crippen LogP contribution in [-0.4, -0.2) is 32.7 Å². The summed E-state index contributed by atoms with van der Waals surface area (Å²) in [5, 5.41) is 6.68. The van der Waals surface area contributed by atoms with E-state index in [1.54, 1.807) is 25.5 Å². The number of rotatable bonds is 9. The maximum atomic E-state index is 11.6. The fourth-order valence-corrected chi connectivity index (χ4v) is 2.90. The van der Waals surface area contributed by atoms with Gasteiger partial charge in [0.1, 0.15) is 11.5 Å². The molecule has 2 aromatic carbocycles. The molecule has 0 spiro atoms. The first-order valence-electron chi connectivity index (χ1n) is 10.0. The molecule has 0 aliphatic rings. The Labute approximate surface area is 182 Å².